The number of halogens is 1. The van der Waals surface area contributed by atoms with Gasteiger partial charge in [-0.3, -0.25) is 0 Å². The molecule has 0 spiro atoms. The zero-order valence-corrected chi connectivity index (χ0v) is 12.9. The van der Waals surface area contributed by atoms with Crippen molar-refractivity contribution in [3.05, 3.63) is 24.0 Å². The molecule has 3 rings (SSSR count). The molecule has 2 unspecified atom stereocenters. The largest absolute Gasteiger partial charge is 0.494 e. The molecule has 1 aromatic heterocycles. The van der Waals surface area contributed by atoms with Gasteiger partial charge in [-0.05, 0) is 30.9 Å². The standard InChI is InChI=1S/C16H21ClN2O/c1-11-6-3-4-7-12(11)19-13-8-5-9-14(20-2)16(13)18-15(19)10-17/h5,8-9,11-12H,3-4,6-7,10H2,1-2H3. The Morgan fingerprint density at radius 1 is 1.35 bits per heavy atom. The molecule has 0 bridgehead atoms. The molecular formula is C16H21ClN2O. The first kappa shape index (κ1) is 13.7. The SMILES string of the molecule is COc1cccc2c1nc(CCl)n2C1CCCCC1C. The number of rotatable bonds is 3. The summed E-state index contributed by atoms with van der Waals surface area (Å²) in [6.07, 6.45) is 5.13. The number of hydrogen-bond acceptors (Lipinski definition) is 2. The number of aromatic nitrogens is 2. The summed E-state index contributed by atoms with van der Waals surface area (Å²) >= 11 is 6.14. The van der Waals surface area contributed by atoms with Crippen LogP contribution in [0, 0.1) is 5.92 Å². The first-order valence-corrected chi connectivity index (χ1v) is 7.89. The molecule has 108 valence electrons. The minimum absolute atomic E-state index is 0.445. The number of hydrogen-bond donors (Lipinski definition) is 0. The lowest BCUT2D eigenvalue weighted by Gasteiger charge is -2.31. The fraction of sp³-hybridized carbons (Fsp3) is 0.562. The normalized spacial score (nSPS) is 23.1. The van der Waals surface area contributed by atoms with E-state index in [1.807, 2.05) is 12.1 Å². The van der Waals surface area contributed by atoms with Gasteiger partial charge in [0.15, 0.2) is 0 Å². The van der Waals surface area contributed by atoms with Crippen LogP contribution in [0.1, 0.15) is 44.5 Å². The Kier molecular flexibility index (Phi) is 3.88. The van der Waals surface area contributed by atoms with Crippen molar-refractivity contribution in [2.24, 2.45) is 5.92 Å². The van der Waals surface area contributed by atoms with Crippen LogP contribution in [0.3, 0.4) is 0 Å². The average Bonchev–Trinajstić information content (AvgIpc) is 2.86. The van der Waals surface area contributed by atoms with Gasteiger partial charge in [-0.1, -0.05) is 25.8 Å². The summed E-state index contributed by atoms with van der Waals surface area (Å²) in [5, 5.41) is 0. The second kappa shape index (κ2) is 5.65. The molecule has 0 saturated heterocycles. The van der Waals surface area contributed by atoms with Gasteiger partial charge in [0.1, 0.15) is 17.1 Å². The predicted molar refractivity (Wildman–Crippen MR) is 82.5 cm³/mol. The Balaban J connectivity index is 2.17. The van der Waals surface area contributed by atoms with Crippen molar-refractivity contribution in [1.29, 1.82) is 0 Å². The van der Waals surface area contributed by atoms with Crippen LogP contribution < -0.4 is 4.74 Å². The second-order valence-electron chi connectivity index (χ2n) is 5.69. The lowest BCUT2D eigenvalue weighted by molar-refractivity contribution is 0.258. The van der Waals surface area contributed by atoms with Crippen LogP contribution in [0.15, 0.2) is 18.2 Å². The third-order valence-corrected chi connectivity index (χ3v) is 4.73. The molecular weight excluding hydrogens is 272 g/mol. The average molecular weight is 293 g/mol. The van der Waals surface area contributed by atoms with Crippen molar-refractivity contribution >= 4 is 22.6 Å². The highest BCUT2D eigenvalue weighted by Gasteiger charge is 2.27. The topological polar surface area (TPSA) is 27.1 Å². The summed E-state index contributed by atoms with van der Waals surface area (Å²) in [6.45, 7) is 2.34. The molecule has 1 fully saturated rings. The van der Waals surface area contributed by atoms with Gasteiger partial charge in [-0.25, -0.2) is 4.98 Å². The molecule has 1 heterocycles. The number of fused-ring (bicyclic) bond motifs is 1. The Morgan fingerprint density at radius 3 is 2.85 bits per heavy atom. The van der Waals surface area contributed by atoms with Crippen LogP contribution in [0.5, 0.6) is 5.75 Å². The van der Waals surface area contributed by atoms with E-state index in [-0.39, 0.29) is 0 Å². The maximum absolute atomic E-state index is 6.14. The number of ether oxygens (including phenoxy) is 1. The highest BCUT2D eigenvalue weighted by molar-refractivity contribution is 6.16. The molecule has 0 aliphatic heterocycles. The van der Waals surface area contributed by atoms with Gasteiger partial charge in [0.05, 0.1) is 18.5 Å². The van der Waals surface area contributed by atoms with E-state index in [0.717, 1.165) is 22.6 Å². The summed E-state index contributed by atoms with van der Waals surface area (Å²) in [7, 11) is 1.69. The first-order valence-electron chi connectivity index (χ1n) is 7.36. The highest BCUT2D eigenvalue weighted by atomic mass is 35.5. The Labute approximate surface area is 124 Å². The highest BCUT2D eigenvalue weighted by Crippen LogP contribution is 2.38. The van der Waals surface area contributed by atoms with E-state index in [2.05, 4.69) is 17.6 Å². The number of benzene rings is 1. The number of alkyl halides is 1. The van der Waals surface area contributed by atoms with Gasteiger partial charge in [-0.15, -0.1) is 11.6 Å². The van der Waals surface area contributed by atoms with Crippen LogP contribution in [0.25, 0.3) is 11.0 Å². The lowest BCUT2D eigenvalue weighted by Crippen LogP contribution is -2.22. The number of imidazole rings is 1. The molecule has 1 aliphatic carbocycles. The van der Waals surface area contributed by atoms with E-state index in [4.69, 9.17) is 21.3 Å². The van der Waals surface area contributed by atoms with E-state index >= 15 is 0 Å². The van der Waals surface area contributed by atoms with Crippen LogP contribution in [0.2, 0.25) is 0 Å². The first-order chi connectivity index (χ1) is 9.76. The molecule has 1 saturated carbocycles. The number of para-hydroxylation sites is 1. The quantitative estimate of drug-likeness (QED) is 0.777. The summed E-state index contributed by atoms with van der Waals surface area (Å²) in [5.41, 5.74) is 2.09. The Morgan fingerprint density at radius 2 is 2.15 bits per heavy atom. The minimum atomic E-state index is 0.445. The number of methoxy groups -OCH3 is 1. The van der Waals surface area contributed by atoms with Crippen molar-refractivity contribution in [2.75, 3.05) is 7.11 Å². The van der Waals surface area contributed by atoms with Crippen LogP contribution >= 0.6 is 11.6 Å². The summed E-state index contributed by atoms with van der Waals surface area (Å²) in [6, 6.07) is 6.63. The molecule has 1 aromatic carbocycles. The molecule has 0 amide bonds. The molecule has 2 atom stereocenters. The van der Waals surface area contributed by atoms with Crippen LogP contribution in [-0.4, -0.2) is 16.7 Å². The van der Waals surface area contributed by atoms with Crippen LogP contribution in [-0.2, 0) is 5.88 Å². The molecule has 1 aliphatic rings. The minimum Gasteiger partial charge on any atom is -0.494 e. The van der Waals surface area contributed by atoms with Gasteiger partial charge in [0, 0.05) is 6.04 Å². The molecule has 4 heteroatoms. The van der Waals surface area contributed by atoms with Crippen molar-refractivity contribution in [2.45, 2.75) is 44.5 Å². The monoisotopic (exact) mass is 292 g/mol. The maximum atomic E-state index is 6.14. The van der Waals surface area contributed by atoms with Crippen molar-refractivity contribution < 1.29 is 4.74 Å². The van der Waals surface area contributed by atoms with Crippen molar-refractivity contribution in [3.8, 4) is 5.75 Å². The summed E-state index contributed by atoms with van der Waals surface area (Å²) in [4.78, 5) is 4.72. The zero-order chi connectivity index (χ0) is 14.1. The van der Waals surface area contributed by atoms with E-state index < -0.39 is 0 Å². The third-order valence-electron chi connectivity index (χ3n) is 4.49. The third kappa shape index (κ3) is 2.18. The summed E-state index contributed by atoms with van der Waals surface area (Å²) in [5.74, 6) is 2.91. The second-order valence-corrected chi connectivity index (χ2v) is 5.96. The molecule has 0 N–H and O–H groups in total. The van der Waals surface area contributed by atoms with Gasteiger partial charge >= 0.3 is 0 Å². The van der Waals surface area contributed by atoms with E-state index in [1.165, 1.54) is 25.7 Å². The molecule has 0 radical (unpaired) electrons. The van der Waals surface area contributed by atoms with Gasteiger partial charge in [-0.2, -0.15) is 0 Å². The smallest absolute Gasteiger partial charge is 0.146 e. The van der Waals surface area contributed by atoms with Gasteiger partial charge < -0.3 is 9.30 Å². The van der Waals surface area contributed by atoms with E-state index in [9.17, 15) is 0 Å². The fourth-order valence-electron chi connectivity index (χ4n) is 3.45. The molecule has 3 nitrogen and oxygen atoms in total. The van der Waals surface area contributed by atoms with Gasteiger partial charge in [0.25, 0.3) is 0 Å². The van der Waals surface area contributed by atoms with E-state index in [0.29, 0.717) is 17.8 Å². The Hall–Kier alpha value is -1.22. The van der Waals surface area contributed by atoms with E-state index in [1.54, 1.807) is 7.11 Å². The Bertz CT molecular complexity index is 608. The zero-order valence-electron chi connectivity index (χ0n) is 12.1. The molecule has 20 heavy (non-hydrogen) atoms. The molecule has 2 aromatic rings. The van der Waals surface area contributed by atoms with Gasteiger partial charge in [0.2, 0.25) is 0 Å². The lowest BCUT2D eigenvalue weighted by atomic mass is 9.85. The van der Waals surface area contributed by atoms with Crippen molar-refractivity contribution in [1.82, 2.24) is 9.55 Å². The predicted octanol–water partition coefficient (Wildman–Crippen LogP) is 4.53. The van der Waals surface area contributed by atoms with Crippen molar-refractivity contribution in [3.63, 3.8) is 0 Å². The summed E-state index contributed by atoms with van der Waals surface area (Å²) < 4.78 is 7.79. The van der Waals surface area contributed by atoms with Crippen LogP contribution in [0.4, 0.5) is 0 Å². The fourth-order valence-corrected chi connectivity index (χ4v) is 3.64. The number of nitrogens with zero attached hydrogens (tertiary/aromatic N) is 2. The maximum Gasteiger partial charge on any atom is 0.146 e.